The smallest absolute Gasteiger partial charge is 0.338 e. The summed E-state index contributed by atoms with van der Waals surface area (Å²) in [7, 11) is 1.62. The van der Waals surface area contributed by atoms with Crippen LogP contribution < -0.4 is 0 Å². The molecular weight excluding hydrogens is 448 g/mol. The van der Waals surface area contributed by atoms with Crippen LogP contribution in [0, 0.1) is 13.8 Å². The van der Waals surface area contributed by atoms with Crippen LogP contribution in [0.5, 0.6) is 0 Å². The maximum Gasteiger partial charge on any atom is 0.338 e. The molecule has 1 aromatic heterocycles. The molecule has 180 valence electrons. The van der Waals surface area contributed by atoms with Crippen LogP contribution in [-0.2, 0) is 22.6 Å². The van der Waals surface area contributed by atoms with Gasteiger partial charge in [0.1, 0.15) is 0 Å². The summed E-state index contributed by atoms with van der Waals surface area (Å²) in [6, 6.07) is 14.9. The van der Waals surface area contributed by atoms with Gasteiger partial charge in [-0.05, 0) is 49.7 Å². The Morgan fingerprint density at radius 1 is 0.914 bits per heavy atom. The largest absolute Gasteiger partial charge is 0.454 e. The van der Waals surface area contributed by atoms with Crippen LogP contribution >= 0.6 is 0 Å². The number of benzene rings is 2. The van der Waals surface area contributed by atoms with Crippen molar-refractivity contribution in [2.24, 2.45) is 0 Å². The van der Waals surface area contributed by atoms with Crippen molar-refractivity contribution in [2.75, 3.05) is 20.3 Å². The molecule has 0 unspecified atom stereocenters. The standard InChI is InChI=1S/C27H26N2O6/c1-17-13-23(18(2)28(17)11-12-34-3)24(30)16-35-27(33)20-8-6-7-19(14-20)15-29-25(31)21-9-4-5-10-22(21)26(29)32/h4-10,13-14H,11-12,15-16H2,1-3H3. The molecule has 0 aliphatic carbocycles. The average molecular weight is 475 g/mol. The maximum atomic E-state index is 12.7. The van der Waals surface area contributed by atoms with Gasteiger partial charge in [0.15, 0.2) is 6.61 Å². The minimum atomic E-state index is -0.657. The van der Waals surface area contributed by atoms with Gasteiger partial charge in [0.25, 0.3) is 11.8 Å². The summed E-state index contributed by atoms with van der Waals surface area (Å²) < 4.78 is 12.4. The van der Waals surface area contributed by atoms with Gasteiger partial charge in [0, 0.05) is 30.6 Å². The molecule has 2 heterocycles. The monoisotopic (exact) mass is 474 g/mol. The molecule has 0 spiro atoms. The lowest BCUT2D eigenvalue weighted by atomic mass is 10.1. The molecule has 2 aromatic carbocycles. The topological polar surface area (TPSA) is 94.9 Å². The molecule has 8 heteroatoms. The van der Waals surface area contributed by atoms with E-state index in [1.54, 1.807) is 61.7 Å². The van der Waals surface area contributed by atoms with E-state index < -0.39 is 12.6 Å². The summed E-state index contributed by atoms with van der Waals surface area (Å²) in [6.45, 7) is 4.54. The number of hydrogen-bond acceptors (Lipinski definition) is 6. The Balaban J connectivity index is 1.41. The summed E-state index contributed by atoms with van der Waals surface area (Å²) in [5, 5.41) is 0. The van der Waals surface area contributed by atoms with Crippen LogP contribution in [0.4, 0.5) is 0 Å². The molecular formula is C27H26N2O6. The number of amides is 2. The maximum absolute atomic E-state index is 12.7. The van der Waals surface area contributed by atoms with Gasteiger partial charge >= 0.3 is 5.97 Å². The Morgan fingerprint density at radius 2 is 1.60 bits per heavy atom. The highest BCUT2D eigenvalue weighted by Crippen LogP contribution is 2.24. The van der Waals surface area contributed by atoms with Gasteiger partial charge in [-0.2, -0.15) is 0 Å². The number of esters is 1. The number of imide groups is 1. The van der Waals surface area contributed by atoms with E-state index in [2.05, 4.69) is 0 Å². The zero-order valence-electron chi connectivity index (χ0n) is 19.9. The highest BCUT2D eigenvalue weighted by molar-refractivity contribution is 6.21. The molecule has 0 saturated carbocycles. The number of carbonyl (C=O) groups is 4. The lowest BCUT2D eigenvalue weighted by molar-refractivity contribution is 0.0474. The Labute approximate surface area is 203 Å². The van der Waals surface area contributed by atoms with Crippen LogP contribution in [0.3, 0.4) is 0 Å². The van der Waals surface area contributed by atoms with Crippen molar-refractivity contribution in [1.29, 1.82) is 0 Å². The number of aromatic nitrogens is 1. The Hall–Kier alpha value is -4.04. The number of ether oxygens (including phenoxy) is 2. The molecule has 0 atom stereocenters. The minimum absolute atomic E-state index is 0.0276. The van der Waals surface area contributed by atoms with Gasteiger partial charge in [-0.15, -0.1) is 0 Å². The molecule has 0 fully saturated rings. The third-order valence-electron chi connectivity index (χ3n) is 6.11. The second-order valence-electron chi connectivity index (χ2n) is 8.37. The molecule has 35 heavy (non-hydrogen) atoms. The van der Waals surface area contributed by atoms with Gasteiger partial charge in [-0.1, -0.05) is 24.3 Å². The minimum Gasteiger partial charge on any atom is -0.454 e. The lowest BCUT2D eigenvalue weighted by Crippen LogP contribution is -2.29. The van der Waals surface area contributed by atoms with E-state index in [0.717, 1.165) is 16.3 Å². The van der Waals surface area contributed by atoms with Gasteiger partial charge in [0.2, 0.25) is 5.78 Å². The first-order chi connectivity index (χ1) is 16.8. The average Bonchev–Trinajstić information content (AvgIpc) is 3.28. The summed E-state index contributed by atoms with van der Waals surface area (Å²) in [4.78, 5) is 51.7. The highest BCUT2D eigenvalue weighted by Gasteiger charge is 2.35. The van der Waals surface area contributed by atoms with Crippen LogP contribution in [0.15, 0.2) is 54.6 Å². The number of aryl methyl sites for hydroxylation is 1. The van der Waals surface area contributed by atoms with Crippen LogP contribution in [0.25, 0.3) is 0 Å². The van der Waals surface area contributed by atoms with E-state index in [1.807, 2.05) is 18.4 Å². The molecule has 0 saturated heterocycles. The van der Waals surface area contributed by atoms with E-state index in [9.17, 15) is 19.2 Å². The Bertz CT molecular complexity index is 1290. The number of Topliss-reactive ketones (excluding diaryl/α,β-unsaturated/α-hetero) is 1. The molecule has 0 N–H and O–H groups in total. The van der Waals surface area contributed by atoms with E-state index in [-0.39, 0.29) is 29.7 Å². The van der Waals surface area contributed by atoms with Crippen LogP contribution in [0.1, 0.15) is 58.4 Å². The number of rotatable bonds is 9. The molecule has 3 aromatic rings. The summed E-state index contributed by atoms with van der Waals surface area (Å²) in [5.74, 6) is -1.69. The summed E-state index contributed by atoms with van der Waals surface area (Å²) in [5.41, 5.74) is 3.80. The summed E-state index contributed by atoms with van der Waals surface area (Å²) >= 11 is 0. The fraction of sp³-hybridized carbons (Fsp3) is 0.259. The van der Waals surface area contributed by atoms with Crippen molar-refractivity contribution in [1.82, 2.24) is 9.47 Å². The predicted molar refractivity (Wildman–Crippen MR) is 127 cm³/mol. The number of nitrogens with zero attached hydrogens (tertiary/aromatic N) is 2. The summed E-state index contributed by atoms with van der Waals surface area (Å²) in [6.07, 6.45) is 0. The van der Waals surface area contributed by atoms with Crippen molar-refractivity contribution >= 4 is 23.6 Å². The third-order valence-corrected chi connectivity index (χ3v) is 6.11. The van der Waals surface area contributed by atoms with Crippen LogP contribution in [0.2, 0.25) is 0 Å². The van der Waals surface area contributed by atoms with Gasteiger partial charge < -0.3 is 14.0 Å². The lowest BCUT2D eigenvalue weighted by Gasteiger charge is -2.14. The molecule has 0 bridgehead atoms. The number of hydrogen-bond donors (Lipinski definition) is 0. The quantitative estimate of drug-likeness (QED) is 0.267. The molecule has 2 amide bonds. The fourth-order valence-corrected chi connectivity index (χ4v) is 4.26. The van der Waals surface area contributed by atoms with Crippen molar-refractivity contribution in [3.8, 4) is 0 Å². The predicted octanol–water partition coefficient (Wildman–Crippen LogP) is 3.59. The molecule has 1 aliphatic heterocycles. The number of fused-ring (bicyclic) bond motifs is 1. The Kier molecular flexibility index (Phi) is 6.93. The van der Waals surface area contributed by atoms with E-state index in [4.69, 9.17) is 9.47 Å². The highest BCUT2D eigenvalue weighted by atomic mass is 16.5. The first-order valence-electron chi connectivity index (χ1n) is 11.2. The first kappa shape index (κ1) is 24.1. The zero-order chi connectivity index (χ0) is 25.1. The van der Waals surface area contributed by atoms with Crippen LogP contribution in [-0.4, -0.2) is 53.4 Å². The van der Waals surface area contributed by atoms with Crippen molar-refractivity contribution in [2.45, 2.75) is 26.9 Å². The van der Waals surface area contributed by atoms with E-state index in [0.29, 0.717) is 35.4 Å². The molecule has 0 radical (unpaired) electrons. The van der Waals surface area contributed by atoms with Gasteiger partial charge in [-0.3, -0.25) is 19.3 Å². The normalized spacial score (nSPS) is 12.7. The van der Waals surface area contributed by atoms with Crippen molar-refractivity contribution in [3.63, 3.8) is 0 Å². The second kappa shape index (κ2) is 10.1. The first-order valence-corrected chi connectivity index (χ1v) is 11.2. The van der Waals surface area contributed by atoms with Crippen molar-refractivity contribution < 1.29 is 28.7 Å². The van der Waals surface area contributed by atoms with E-state index >= 15 is 0 Å². The second-order valence-corrected chi connectivity index (χ2v) is 8.37. The molecule has 4 rings (SSSR count). The third kappa shape index (κ3) is 4.79. The molecule has 1 aliphatic rings. The SMILES string of the molecule is COCCn1c(C)cc(C(=O)COC(=O)c2cccc(CN3C(=O)c4ccccc4C3=O)c2)c1C. The van der Waals surface area contributed by atoms with E-state index in [1.165, 1.54) is 0 Å². The molecule has 8 nitrogen and oxygen atoms in total. The van der Waals surface area contributed by atoms with Gasteiger partial charge in [0.05, 0.1) is 29.8 Å². The number of methoxy groups -OCH3 is 1. The Morgan fingerprint density at radius 3 is 2.26 bits per heavy atom. The number of carbonyl (C=O) groups excluding carboxylic acids is 4. The van der Waals surface area contributed by atoms with Gasteiger partial charge in [-0.25, -0.2) is 4.79 Å². The number of ketones is 1. The fourth-order valence-electron chi connectivity index (χ4n) is 4.26. The van der Waals surface area contributed by atoms with Crippen molar-refractivity contribution in [3.05, 3.63) is 93.8 Å². The zero-order valence-corrected chi connectivity index (χ0v) is 19.9.